The molecule has 0 bridgehead atoms. The van der Waals surface area contributed by atoms with Crippen molar-refractivity contribution >= 4 is 51.9 Å². The van der Waals surface area contributed by atoms with Gasteiger partial charge in [-0.2, -0.15) is 8.78 Å². The van der Waals surface area contributed by atoms with Crippen molar-refractivity contribution in [2.75, 3.05) is 4.90 Å². The summed E-state index contributed by atoms with van der Waals surface area (Å²) in [4.78, 5) is 25.3. The quantitative estimate of drug-likeness (QED) is 0.586. The van der Waals surface area contributed by atoms with E-state index in [0.717, 1.165) is 11.8 Å². The molecule has 0 radical (unpaired) electrons. The van der Waals surface area contributed by atoms with E-state index in [1.807, 2.05) is 0 Å². The fourth-order valence-electron chi connectivity index (χ4n) is 2.41. The van der Waals surface area contributed by atoms with E-state index >= 15 is 0 Å². The van der Waals surface area contributed by atoms with Crippen molar-refractivity contribution in [3.05, 3.63) is 64.6 Å². The van der Waals surface area contributed by atoms with Gasteiger partial charge < -0.3 is 9.84 Å². The molecule has 1 heterocycles. The molecule has 0 atom stereocenters. The third kappa shape index (κ3) is 4.15. The Labute approximate surface area is 162 Å². The Balaban J connectivity index is 1.94. The first kappa shape index (κ1) is 19.0. The Morgan fingerprint density at radius 3 is 2.67 bits per heavy atom. The van der Waals surface area contributed by atoms with Gasteiger partial charge in [-0.3, -0.25) is 9.69 Å². The van der Waals surface area contributed by atoms with E-state index < -0.39 is 18.5 Å². The van der Waals surface area contributed by atoms with Gasteiger partial charge in [-0.05, 0) is 30.3 Å². The fourth-order valence-corrected chi connectivity index (χ4v) is 3.70. The number of carbonyl (C=O) groups excluding carboxylic acids is 1. The molecule has 0 saturated carbocycles. The second-order valence-electron chi connectivity index (χ2n) is 5.29. The minimum absolute atomic E-state index is 0.0150. The lowest BCUT2D eigenvalue weighted by atomic mass is 10.1. The largest absolute Gasteiger partial charge is 0.478 e. The average Bonchev–Trinajstić information content (AvgIpc) is 2.90. The van der Waals surface area contributed by atoms with Crippen LogP contribution in [0, 0.1) is 0 Å². The lowest BCUT2D eigenvalue weighted by Gasteiger charge is -2.14. The number of benzene rings is 2. The molecule has 27 heavy (non-hydrogen) atoms. The molecule has 1 saturated heterocycles. The van der Waals surface area contributed by atoms with Crippen molar-refractivity contribution in [3.63, 3.8) is 0 Å². The molecule has 1 aliphatic rings. The Hall–Kier alpha value is -2.78. The number of hydrogen-bond donors (Lipinski definition) is 1. The molecule has 3 rings (SSSR count). The average molecular weight is 407 g/mol. The van der Waals surface area contributed by atoms with Gasteiger partial charge in [-0.15, -0.1) is 0 Å². The Kier molecular flexibility index (Phi) is 5.52. The molecule has 0 aliphatic carbocycles. The van der Waals surface area contributed by atoms with E-state index in [9.17, 15) is 18.4 Å². The van der Waals surface area contributed by atoms with Crippen LogP contribution in [0.1, 0.15) is 15.9 Å². The standard InChI is InChI=1S/C18H11F2NO4S2/c19-17(20)25-13-7-2-1-4-10(13)9-14-15(22)21(18(26)27-14)12-6-3-5-11(8-12)16(23)24/h1-9,17H,(H,23,24)/b14-9+. The summed E-state index contributed by atoms with van der Waals surface area (Å²) < 4.78 is 29.8. The monoisotopic (exact) mass is 407 g/mol. The number of thioether (sulfide) groups is 1. The maximum atomic E-state index is 12.7. The van der Waals surface area contributed by atoms with Gasteiger partial charge in [0.2, 0.25) is 0 Å². The van der Waals surface area contributed by atoms with Gasteiger partial charge in [-0.25, -0.2) is 4.79 Å². The van der Waals surface area contributed by atoms with Crippen LogP contribution in [0.15, 0.2) is 53.4 Å². The number of alkyl halides is 2. The van der Waals surface area contributed by atoms with Crippen LogP contribution >= 0.6 is 24.0 Å². The zero-order valence-corrected chi connectivity index (χ0v) is 15.1. The first-order valence-corrected chi connectivity index (χ1v) is 8.74. The normalized spacial score (nSPS) is 15.7. The predicted octanol–water partition coefficient (Wildman–Crippen LogP) is 4.39. The Bertz CT molecular complexity index is 962. The number of carbonyl (C=O) groups is 2. The van der Waals surface area contributed by atoms with Crippen molar-refractivity contribution < 1.29 is 28.2 Å². The number of aromatic carboxylic acids is 1. The summed E-state index contributed by atoms with van der Waals surface area (Å²) in [7, 11) is 0. The SMILES string of the molecule is O=C(O)c1cccc(N2C(=O)/C(=C\c3ccccc3OC(F)F)SC2=S)c1. The van der Waals surface area contributed by atoms with E-state index in [4.69, 9.17) is 17.3 Å². The summed E-state index contributed by atoms with van der Waals surface area (Å²) in [5.41, 5.74) is 0.636. The highest BCUT2D eigenvalue weighted by Crippen LogP contribution is 2.37. The molecule has 1 N–H and O–H groups in total. The Morgan fingerprint density at radius 2 is 1.96 bits per heavy atom. The van der Waals surface area contributed by atoms with Crippen LogP contribution in [0.2, 0.25) is 0 Å². The minimum atomic E-state index is -2.99. The molecule has 9 heteroatoms. The van der Waals surface area contributed by atoms with Crippen LogP contribution < -0.4 is 9.64 Å². The third-order valence-corrected chi connectivity index (χ3v) is 4.87. The molecule has 5 nitrogen and oxygen atoms in total. The zero-order chi connectivity index (χ0) is 19.6. The predicted molar refractivity (Wildman–Crippen MR) is 102 cm³/mol. The van der Waals surface area contributed by atoms with Gasteiger partial charge in [0.25, 0.3) is 5.91 Å². The number of carboxylic acid groups (broad SMARTS) is 1. The molecule has 0 aromatic heterocycles. The lowest BCUT2D eigenvalue weighted by Crippen LogP contribution is -2.27. The highest BCUT2D eigenvalue weighted by molar-refractivity contribution is 8.27. The maximum absolute atomic E-state index is 12.7. The van der Waals surface area contributed by atoms with Gasteiger partial charge in [0, 0.05) is 5.56 Å². The van der Waals surface area contributed by atoms with Crippen LogP contribution in [-0.2, 0) is 4.79 Å². The lowest BCUT2D eigenvalue weighted by molar-refractivity contribution is -0.113. The topological polar surface area (TPSA) is 66.8 Å². The summed E-state index contributed by atoms with van der Waals surface area (Å²) >= 11 is 6.22. The van der Waals surface area contributed by atoms with E-state index in [2.05, 4.69) is 4.74 Å². The number of ether oxygens (including phenoxy) is 1. The molecular formula is C18H11F2NO4S2. The van der Waals surface area contributed by atoms with Gasteiger partial charge >= 0.3 is 12.6 Å². The first-order chi connectivity index (χ1) is 12.9. The van der Waals surface area contributed by atoms with Crippen LogP contribution in [-0.4, -0.2) is 27.9 Å². The molecule has 2 aromatic rings. The summed E-state index contributed by atoms with van der Waals surface area (Å²) in [5.74, 6) is -1.67. The maximum Gasteiger partial charge on any atom is 0.387 e. The van der Waals surface area contributed by atoms with E-state index in [0.29, 0.717) is 11.3 Å². The van der Waals surface area contributed by atoms with Crippen LogP contribution in [0.25, 0.3) is 6.08 Å². The van der Waals surface area contributed by atoms with Crippen molar-refractivity contribution in [1.29, 1.82) is 0 Å². The zero-order valence-electron chi connectivity index (χ0n) is 13.5. The fraction of sp³-hybridized carbons (Fsp3) is 0.0556. The second-order valence-corrected chi connectivity index (χ2v) is 6.96. The number of thiocarbonyl (C=S) groups is 1. The number of rotatable bonds is 5. The number of amides is 1. The van der Waals surface area contributed by atoms with Crippen molar-refractivity contribution in [2.45, 2.75) is 6.61 Å². The van der Waals surface area contributed by atoms with Crippen molar-refractivity contribution in [2.24, 2.45) is 0 Å². The number of nitrogens with zero attached hydrogens (tertiary/aromatic N) is 1. The summed E-state index contributed by atoms with van der Waals surface area (Å²) in [6.45, 7) is -2.99. The molecule has 2 aromatic carbocycles. The van der Waals surface area contributed by atoms with Crippen LogP contribution in [0.5, 0.6) is 5.75 Å². The highest BCUT2D eigenvalue weighted by Gasteiger charge is 2.33. The third-order valence-electron chi connectivity index (χ3n) is 3.57. The van der Waals surface area contributed by atoms with Gasteiger partial charge in [0.05, 0.1) is 16.2 Å². The number of hydrogen-bond acceptors (Lipinski definition) is 5. The smallest absolute Gasteiger partial charge is 0.387 e. The van der Waals surface area contributed by atoms with E-state index in [1.165, 1.54) is 47.4 Å². The van der Waals surface area contributed by atoms with Crippen LogP contribution in [0.4, 0.5) is 14.5 Å². The molecule has 0 unspecified atom stereocenters. The first-order valence-electron chi connectivity index (χ1n) is 7.52. The van der Waals surface area contributed by atoms with Gasteiger partial charge in [-0.1, -0.05) is 48.2 Å². The number of anilines is 1. The second kappa shape index (κ2) is 7.85. The Morgan fingerprint density at radius 1 is 1.22 bits per heavy atom. The van der Waals surface area contributed by atoms with Gasteiger partial charge in [0.15, 0.2) is 4.32 Å². The summed E-state index contributed by atoms with van der Waals surface area (Å²) in [6, 6.07) is 11.9. The molecule has 1 amide bonds. The van der Waals surface area contributed by atoms with E-state index in [-0.39, 0.29) is 20.5 Å². The molecule has 1 fully saturated rings. The molecule has 138 valence electrons. The van der Waals surface area contributed by atoms with E-state index in [1.54, 1.807) is 12.1 Å². The summed E-state index contributed by atoms with van der Waals surface area (Å²) in [6.07, 6.45) is 1.41. The van der Waals surface area contributed by atoms with Crippen molar-refractivity contribution in [1.82, 2.24) is 0 Å². The van der Waals surface area contributed by atoms with Crippen molar-refractivity contribution in [3.8, 4) is 5.75 Å². The summed E-state index contributed by atoms with van der Waals surface area (Å²) in [5, 5.41) is 9.11. The van der Waals surface area contributed by atoms with Crippen LogP contribution in [0.3, 0.4) is 0 Å². The molecular weight excluding hydrogens is 396 g/mol. The highest BCUT2D eigenvalue weighted by atomic mass is 32.2. The minimum Gasteiger partial charge on any atom is -0.478 e. The molecule has 0 spiro atoms. The molecule has 1 aliphatic heterocycles. The number of para-hydroxylation sites is 1. The van der Waals surface area contributed by atoms with Gasteiger partial charge in [0.1, 0.15) is 5.75 Å². The number of carboxylic acids is 1. The number of halogens is 2.